The highest BCUT2D eigenvalue weighted by Gasteiger charge is 2.32. The Morgan fingerprint density at radius 3 is 2.75 bits per heavy atom. The standard InChI is InChI=1S/C12H20N2OS/c1-12(9-13,14-10-3-4-10)5-2-6-16-11-7-15-8-11/h10-11,14H,2-8H2,1H3. The Morgan fingerprint density at radius 2 is 2.25 bits per heavy atom. The van der Waals surface area contributed by atoms with Crippen molar-refractivity contribution in [2.24, 2.45) is 0 Å². The average molecular weight is 240 g/mol. The lowest BCUT2D eigenvalue weighted by Gasteiger charge is -2.26. The molecule has 1 atom stereocenters. The largest absolute Gasteiger partial charge is 0.379 e. The van der Waals surface area contributed by atoms with E-state index in [1.165, 1.54) is 12.8 Å². The monoisotopic (exact) mass is 240 g/mol. The van der Waals surface area contributed by atoms with Gasteiger partial charge in [0.25, 0.3) is 0 Å². The van der Waals surface area contributed by atoms with Crippen molar-refractivity contribution < 1.29 is 4.74 Å². The fraction of sp³-hybridized carbons (Fsp3) is 0.917. The highest BCUT2D eigenvalue weighted by molar-refractivity contribution is 8.00. The maximum Gasteiger partial charge on any atom is 0.104 e. The predicted octanol–water partition coefficient (Wildman–Crippen LogP) is 1.93. The van der Waals surface area contributed by atoms with Crippen LogP contribution in [-0.2, 0) is 4.74 Å². The summed E-state index contributed by atoms with van der Waals surface area (Å²) >= 11 is 1.99. The molecule has 0 spiro atoms. The van der Waals surface area contributed by atoms with E-state index in [0.717, 1.165) is 31.8 Å². The van der Waals surface area contributed by atoms with Gasteiger partial charge in [0.1, 0.15) is 5.54 Å². The van der Waals surface area contributed by atoms with Crippen molar-refractivity contribution in [2.45, 2.75) is 49.4 Å². The lowest BCUT2D eigenvalue weighted by molar-refractivity contribution is 0.0455. The first-order valence-electron chi connectivity index (χ1n) is 6.10. The summed E-state index contributed by atoms with van der Waals surface area (Å²) < 4.78 is 5.13. The van der Waals surface area contributed by atoms with Crippen LogP contribution in [0.25, 0.3) is 0 Å². The predicted molar refractivity (Wildman–Crippen MR) is 66.5 cm³/mol. The Morgan fingerprint density at radius 1 is 1.50 bits per heavy atom. The SMILES string of the molecule is CC(C#N)(CCCSC1COC1)NC1CC1. The number of thioether (sulfide) groups is 1. The zero-order valence-corrected chi connectivity index (χ0v) is 10.7. The number of rotatable bonds is 7. The normalized spacial score (nSPS) is 24.5. The minimum atomic E-state index is -0.308. The van der Waals surface area contributed by atoms with E-state index < -0.39 is 0 Å². The van der Waals surface area contributed by atoms with E-state index in [9.17, 15) is 5.26 Å². The van der Waals surface area contributed by atoms with Gasteiger partial charge in [0.2, 0.25) is 0 Å². The first-order valence-corrected chi connectivity index (χ1v) is 7.15. The van der Waals surface area contributed by atoms with Crippen LogP contribution in [0.2, 0.25) is 0 Å². The number of nitrogens with zero attached hydrogens (tertiary/aromatic N) is 1. The molecule has 16 heavy (non-hydrogen) atoms. The minimum Gasteiger partial charge on any atom is -0.379 e. The summed E-state index contributed by atoms with van der Waals surface area (Å²) in [6.07, 6.45) is 4.56. The summed E-state index contributed by atoms with van der Waals surface area (Å²) in [7, 11) is 0. The van der Waals surface area contributed by atoms with Crippen molar-refractivity contribution >= 4 is 11.8 Å². The van der Waals surface area contributed by atoms with Crippen LogP contribution >= 0.6 is 11.8 Å². The first kappa shape index (κ1) is 12.2. The van der Waals surface area contributed by atoms with E-state index in [-0.39, 0.29) is 5.54 Å². The number of hydrogen-bond donors (Lipinski definition) is 1. The van der Waals surface area contributed by atoms with Crippen molar-refractivity contribution in [3.8, 4) is 6.07 Å². The molecule has 1 saturated heterocycles. The topological polar surface area (TPSA) is 45.0 Å². The zero-order valence-electron chi connectivity index (χ0n) is 9.87. The molecule has 0 amide bonds. The van der Waals surface area contributed by atoms with Gasteiger partial charge in [-0.25, -0.2) is 0 Å². The third-order valence-corrected chi connectivity index (χ3v) is 4.40. The average Bonchev–Trinajstić information content (AvgIpc) is 2.98. The molecule has 0 bridgehead atoms. The molecule has 4 heteroatoms. The molecule has 1 saturated carbocycles. The molecule has 2 rings (SSSR count). The van der Waals surface area contributed by atoms with Crippen LogP contribution in [-0.4, -0.2) is 35.8 Å². The fourth-order valence-corrected chi connectivity index (χ4v) is 2.85. The minimum absolute atomic E-state index is 0.308. The second-order valence-corrected chi connectivity index (χ2v) is 6.40. The van der Waals surface area contributed by atoms with Crippen molar-refractivity contribution in [3.63, 3.8) is 0 Å². The van der Waals surface area contributed by atoms with E-state index in [1.807, 2.05) is 18.7 Å². The van der Waals surface area contributed by atoms with Crippen LogP contribution in [0.5, 0.6) is 0 Å². The summed E-state index contributed by atoms with van der Waals surface area (Å²) in [5.74, 6) is 1.15. The highest BCUT2D eigenvalue weighted by Crippen LogP contribution is 2.26. The van der Waals surface area contributed by atoms with Crippen molar-refractivity contribution in [2.75, 3.05) is 19.0 Å². The summed E-state index contributed by atoms with van der Waals surface area (Å²) in [6.45, 7) is 3.86. The lowest BCUT2D eigenvalue weighted by Crippen LogP contribution is -2.42. The van der Waals surface area contributed by atoms with Crippen LogP contribution < -0.4 is 5.32 Å². The fourth-order valence-electron chi connectivity index (χ4n) is 1.82. The van der Waals surface area contributed by atoms with E-state index in [0.29, 0.717) is 11.3 Å². The molecule has 1 N–H and O–H groups in total. The molecule has 1 aliphatic carbocycles. The number of nitrogens with one attached hydrogen (secondary N) is 1. The van der Waals surface area contributed by atoms with Gasteiger partial charge in [0, 0.05) is 6.04 Å². The van der Waals surface area contributed by atoms with Crippen LogP contribution in [0, 0.1) is 11.3 Å². The molecule has 1 heterocycles. The number of hydrogen-bond acceptors (Lipinski definition) is 4. The quantitative estimate of drug-likeness (QED) is 0.691. The van der Waals surface area contributed by atoms with Gasteiger partial charge in [-0.15, -0.1) is 0 Å². The molecule has 90 valence electrons. The van der Waals surface area contributed by atoms with Crippen molar-refractivity contribution in [3.05, 3.63) is 0 Å². The maximum absolute atomic E-state index is 9.19. The zero-order chi connectivity index (χ0) is 11.4. The smallest absolute Gasteiger partial charge is 0.104 e. The van der Waals surface area contributed by atoms with Crippen LogP contribution in [0.1, 0.15) is 32.6 Å². The Balaban J connectivity index is 1.59. The Labute approximate surface area is 102 Å². The van der Waals surface area contributed by atoms with E-state index in [2.05, 4.69) is 11.4 Å². The van der Waals surface area contributed by atoms with Crippen LogP contribution in [0.15, 0.2) is 0 Å². The van der Waals surface area contributed by atoms with Crippen molar-refractivity contribution in [1.82, 2.24) is 5.32 Å². The summed E-state index contributed by atoms with van der Waals surface area (Å²) in [6, 6.07) is 3.03. The van der Waals surface area contributed by atoms with Crippen LogP contribution in [0.3, 0.4) is 0 Å². The third-order valence-electron chi connectivity index (χ3n) is 3.13. The van der Waals surface area contributed by atoms with Crippen LogP contribution in [0.4, 0.5) is 0 Å². The van der Waals surface area contributed by atoms with Gasteiger partial charge < -0.3 is 4.74 Å². The Kier molecular flexibility index (Phi) is 4.12. The molecule has 0 aromatic carbocycles. The molecule has 0 radical (unpaired) electrons. The summed E-state index contributed by atoms with van der Waals surface area (Å²) in [5.41, 5.74) is -0.308. The molecule has 1 unspecified atom stereocenters. The molecule has 0 aromatic rings. The van der Waals surface area contributed by atoms with Gasteiger partial charge >= 0.3 is 0 Å². The number of nitriles is 1. The molecule has 0 aromatic heterocycles. The van der Waals surface area contributed by atoms with E-state index in [1.54, 1.807) is 0 Å². The lowest BCUT2D eigenvalue weighted by atomic mass is 9.98. The second kappa shape index (κ2) is 5.39. The maximum atomic E-state index is 9.19. The van der Waals surface area contributed by atoms with Gasteiger partial charge in [0.15, 0.2) is 0 Å². The number of ether oxygens (including phenoxy) is 1. The second-order valence-electron chi connectivity index (χ2n) is 5.00. The molecule has 3 nitrogen and oxygen atoms in total. The molecular formula is C12H20N2OS. The van der Waals surface area contributed by atoms with Gasteiger partial charge in [-0.1, -0.05) is 0 Å². The summed E-state index contributed by atoms with van der Waals surface area (Å²) in [5, 5.41) is 13.3. The third kappa shape index (κ3) is 3.65. The van der Waals surface area contributed by atoms with E-state index >= 15 is 0 Å². The molecule has 2 fully saturated rings. The Hall–Kier alpha value is -0.240. The van der Waals surface area contributed by atoms with Crippen molar-refractivity contribution in [1.29, 1.82) is 5.26 Å². The van der Waals surface area contributed by atoms with Gasteiger partial charge in [-0.3, -0.25) is 5.32 Å². The molecular weight excluding hydrogens is 220 g/mol. The van der Waals surface area contributed by atoms with Gasteiger partial charge in [0.05, 0.1) is 24.5 Å². The highest BCUT2D eigenvalue weighted by atomic mass is 32.2. The Bertz CT molecular complexity index is 271. The first-order chi connectivity index (χ1) is 7.72. The summed E-state index contributed by atoms with van der Waals surface area (Å²) in [4.78, 5) is 0. The van der Waals surface area contributed by atoms with Gasteiger partial charge in [-0.05, 0) is 38.4 Å². The van der Waals surface area contributed by atoms with E-state index in [4.69, 9.17) is 4.74 Å². The van der Waals surface area contributed by atoms with Gasteiger partial charge in [-0.2, -0.15) is 17.0 Å². The molecule has 1 aliphatic heterocycles. The molecule has 2 aliphatic rings.